The number of rotatable bonds is 7. The SMILES string of the molecule is CC(CNCC(N)CCc1ccccc1)C(C)(C)C. The molecule has 0 aliphatic heterocycles. The molecular weight excluding hydrogens is 232 g/mol. The minimum Gasteiger partial charge on any atom is -0.327 e. The summed E-state index contributed by atoms with van der Waals surface area (Å²) in [4.78, 5) is 0. The first-order chi connectivity index (χ1) is 8.89. The zero-order chi connectivity index (χ0) is 14.3. The monoisotopic (exact) mass is 262 g/mol. The van der Waals surface area contributed by atoms with Gasteiger partial charge >= 0.3 is 0 Å². The molecular formula is C17H30N2. The highest BCUT2D eigenvalue weighted by Crippen LogP contribution is 2.24. The van der Waals surface area contributed by atoms with Gasteiger partial charge in [0.05, 0.1) is 0 Å². The van der Waals surface area contributed by atoms with Crippen molar-refractivity contribution in [1.82, 2.24) is 5.32 Å². The quantitative estimate of drug-likeness (QED) is 0.792. The van der Waals surface area contributed by atoms with Crippen LogP contribution in [0.1, 0.15) is 39.7 Å². The second-order valence-corrected chi connectivity index (χ2v) is 6.71. The molecule has 0 saturated carbocycles. The third-order valence-corrected chi connectivity index (χ3v) is 3.98. The van der Waals surface area contributed by atoms with E-state index in [0.29, 0.717) is 11.3 Å². The average molecular weight is 262 g/mol. The molecule has 0 fully saturated rings. The summed E-state index contributed by atoms with van der Waals surface area (Å²) in [5.41, 5.74) is 7.89. The van der Waals surface area contributed by atoms with E-state index in [0.717, 1.165) is 25.9 Å². The van der Waals surface area contributed by atoms with Crippen LogP contribution < -0.4 is 11.1 Å². The smallest absolute Gasteiger partial charge is 0.0168 e. The third-order valence-electron chi connectivity index (χ3n) is 3.98. The summed E-state index contributed by atoms with van der Waals surface area (Å²) < 4.78 is 0. The fourth-order valence-corrected chi connectivity index (χ4v) is 1.89. The molecule has 3 N–H and O–H groups in total. The van der Waals surface area contributed by atoms with Crippen LogP contribution >= 0.6 is 0 Å². The number of nitrogens with one attached hydrogen (secondary N) is 1. The minimum absolute atomic E-state index is 0.243. The molecule has 2 nitrogen and oxygen atoms in total. The minimum atomic E-state index is 0.243. The lowest BCUT2D eigenvalue weighted by Crippen LogP contribution is -2.38. The Morgan fingerprint density at radius 2 is 1.74 bits per heavy atom. The van der Waals surface area contributed by atoms with Gasteiger partial charge in [-0.05, 0) is 36.3 Å². The van der Waals surface area contributed by atoms with Crippen LogP contribution in [0.5, 0.6) is 0 Å². The van der Waals surface area contributed by atoms with Crippen LogP contribution in [0.3, 0.4) is 0 Å². The molecule has 1 rings (SSSR count). The van der Waals surface area contributed by atoms with Crippen LogP contribution in [0.4, 0.5) is 0 Å². The van der Waals surface area contributed by atoms with Gasteiger partial charge in [-0.15, -0.1) is 0 Å². The number of hydrogen-bond acceptors (Lipinski definition) is 2. The Morgan fingerprint density at radius 1 is 1.11 bits per heavy atom. The van der Waals surface area contributed by atoms with E-state index >= 15 is 0 Å². The molecule has 19 heavy (non-hydrogen) atoms. The number of aryl methyl sites for hydroxylation is 1. The van der Waals surface area contributed by atoms with Crippen LogP contribution in [0, 0.1) is 11.3 Å². The number of benzene rings is 1. The lowest BCUT2D eigenvalue weighted by Gasteiger charge is -2.28. The molecule has 2 unspecified atom stereocenters. The molecule has 0 aliphatic carbocycles. The van der Waals surface area contributed by atoms with Crippen molar-refractivity contribution in [3.8, 4) is 0 Å². The lowest BCUT2D eigenvalue weighted by molar-refractivity contribution is 0.251. The van der Waals surface area contributed by atoms with Gasteiger partial charge < -0.3 is 11.1 Å². The predicted molar refractivity (Wildman–Crippen MR) is 84.2 cm³/mol. The Kier molecular flexibility index (Phi) is 6.53. The zero-order valence-electron chi connectivity index (χ0n) is 12.9. The van der Waals surface area contributed by atoms with Gasteiger partial charge in [0.15, 0.2) is 0 Å². The van der Waals surface area contributed by atoms with Gasteiger partial charge in [-0.2, -0.15) is 0 Å². The van der Waals surface area contributed by atoms with Crippen molar-refractivity contribution < 1.29 is 0 Å². The van der Waals surface area contributed by atoms with E-state index in [4.69, 9.17) is 5.73 Å². The van der Waals surface area contributed by atoms with E-state index in [2.05, 4.69) is 63.3 Å². The largest absolute Gasteiger partial charge is 0.327 e. The highest BCUT2D eigenvalue weighted by molar-refractivity contribution is 5.14. The standard InChI is InChI=1S/C17H30N2/c1-14(17(2,3)4)12-19-13-16(18)11-10-15-8-6-5-7-9-15/h5-9,14,16,19H,10-13,18H2,1-4H3. The van der Waals surface area contributed by atoms with Crippen LogP contribution in [0.15, 0.2) is 30.3 Å². The summed E-state index contributed by atoms with van der Waals surface area (Å²) >= 11 is 0. The average Bonchev–Trinajstić information content (AvgIpc) is 2.36. The normalized spacial score (nSPS) is 15.2. The molecule has 2 atom stereocenters. The second kappa shape index (κ2) is 7.66. The molecule has 0 aromatic heterocycles. The topological polar surface area (TPSA) is 38.0 Å². The maximum Gasteiger partial charge on any atom is 0.0168 e. The Morgan fingerprint density at radius 3 is 2.32 bits per heavy atom. The van der Waals surface area contributed by atoms with Crippen molar-refractivity contribution in [2.75, 3.05) is 13.1 Å². The van der Waals surface area contributed by atoms with Crippen LogP contribution in [0.2, 0.25) is 0 Å². The van der Waals surface area contributed by atoms with Crippen molar-refractivity contribution in [3.63, 3.8) is 0 Å². The van der Waals surface area contributed by atoms with Gasteiger partial charge in [-0.3, -0.25) is 0 Å². The van der Waals surface area contributed by atoms with Gasteiger partial charge in [0.2, 0.25) is 0 Å². The summed E-state index contributed by atoms with van der Waals surface area (Å²) in [6.45, 7) is 11.1. The molecule has 0 aliphatic rings. The maximum absolute atomic E-state index is 6.15. The van der Waals surface area contributed by atoms with Crippen molar-refractivity contribution in [1.29, 1.82) is 0 Å². The maximum atomic E-state index is 6.15. The van der Waals surface area contributed by atoms with Gasteiger partial charge in [-0.1, -0.05) is 58.0 Å². The van der Waals surface area contributed by atoms with Gasteiger partial charge in [-0.25, -0.2) is 0 Å². The Bertz CT molecular complexity index is 340. The highest BCUT2D eigenvalue weighted by Gasteiger charge is 2.19. The molecule has 2 heteroatoms. The molecule has 1 aromatic carbocycles. The molecule has 1 aromatic rings. The van der Waals surface area contributed by atoms with Crippen molar-refractivity contribution in [3.05, 3.63) is 35.9 Å². The lowest BCUT2D eigenvalue weighted by atomic mass is 9.82. The molecule has 0 amide bonds. The van der Waals surface area contributed by atoms with E-state index in [-0.39, 0.29) is 6.04 Å². The van der Waals surface area contributed by atoms with E-state index in [9.17, 15) is 0 Å². The molecule has 0 radical (unpaired) electrons. The van der Waals surface area contributed by atoms with Crippen molar-refractivity contribution in [2.45, 2.75) is 46.6 Å². The first-order valence-corrected chi connectivity index (χ1v) is 7.40. The number of nitrogens with two attached hydrogens (primary N) is 1. The summed E-state index contributed by atoms with van der Waals surface area (Å²) in [5.74, 6) is 0.661. The second-order valence-electron chi connectivity index (χ2n) is 6.71. The van der Waals surface area contributed by atoms with Crippen LogP contribution in [0.25, 0.3) is 0 Å². The third kappa shape index (κ3) is 6.74. The molecule has 0 spiro atoms. The molecule has 108 valence electrons. The first kappa shape index (κ1) is 16.2. The number of hydrogen-bond donors (Lipinski definition) is 2. The van der Waals surface area contributed by atoms with E-state index in [1.165, 1.54) is 5.56 Å². The van der Waals surface area contributed by atoms with Gasteiger partial charge in [0.1, 0.15) is 0 Å². The molecule has 0 bridgehead atoms. The van der Waals surface area contributed by atoms with Crippen LogP contribution in [-0.4, -0.2) is 19.1 Å². The van der Waals surface area contributed by atoms with Crippen molar-refractivity contribution in [2.24, 2.45) is 17.1 Å². The fourth-order valence-electron chi connectivity index (χ4n) is 1.89. The van der Waals surface area contributed by atoms with E-state index in [1.54, 1.807) is 0 Å². The Labute approximate surface area is 118 Å². The van der Waals surface area contributed by atoms with Gasteiger partial charge in [0, 0.05) is 12.6 Å². The van der Waals surface area contributed by atoms with E-state index < -0.39 is 0 Å². The van der Waals surface area contributed by atoms with E-state index in [1.807, 2.05) is 0 Å². The summed E-state index contributed by atoms with van der Waals surface area (Å²) in [6.07, 6.45) is 2.11. The first-order valence-electron chi connectivity index (χ1n) is 7.40. The highest BCUT2D eigenvalue weighted by atomic mass is 14.9. The Hall–Kier alpha value is -0.860. The summed E-state index contributed by atoms with van der Waals surface area (Å²) in [6, 6.07) is 10.8. The Balaban J connectivity index is 2.17. The molecule has 0 saturated heterocycles. The fraction of sp³-hybridized carbons (Fsp3) is 0.647. The zero-order valence-corrected chi connectivity index (χ0v) is 12.9. The van der Waals surface area contributed by atoms with Crippen LogP contribution in [-0.2, 0) is 6.42 Å². The van der Waals surface area contributed by atoms with Gasteiger partial charge in [0.25, 0.3) is 0 Å². The molecule has 0 heterocycles. The van der Waals surface area contributed by atoms with Crippen molar-refractivity contribution >= 4 is 0 Å². The summed E-state index contributed by atoms with van der Waals surface area (Å²) in [5, 5.41) is 3.50. The summed E-state index contributed by atoms with van der Waals surface area (Å²) in [7, 11) is 0. The predicted octanol–water partition coefficient (Wildman–Crippen LogP) is 3.22.